The molecule has 0 aliphatic rings. The first-order valence-corrected chi connectivity index (χ1v) is 9.93. The van der Waals surface area contributed by atoms with Gasteiger partial charge in [0.05, 0.1) is 11.9 Å². The van der Waals surface area contributed by atoms with Gasteiger partial charge in [0.2, 0.25) is 5.82 Å². The summed E-state index contributed by atoms with van der Waals surface area (Å²) in [7, 11) is 0. The van der Waals surface area contributed by atoms with Crippen LogP contribution in [0.2, 0.25) is 0 Å². The van der Waals surface area contributed by atoms with E-state index in [4.69, 9.17) is 20.3 Å². The smallest absolute Gasteiger partial charge is 0.258 e. The molecule has 0 unspecified atom stereocenters. The fourth-order valence-corrected chi connectivity index (χ4v) is 3.20. The van der Waals surface area contributed by atoms with Gasteiger partial charge in [-0.1, -0.05) is 5.16 Å². The Hall–Kier alpha value is -5.04. The van der Waals surface area contributed by atoms with Gasteiger partial charge < -0.3 is 15.0 Å². The largest absolute Gasteiger partial charge is 0.457 e. The molecule has 2 aromatic heterocycles. The lowest BCUT2D eigenvalue weighted by Gasteiger charge is -2.06. The first-order valence-electron chi connectivity index (χ1n) is 9.93. The van der Waals surface area contributed by atoms with Gasteiger partial charge >= 0.3 is 0 Å². The number of halogens is 2. The van der Waals surface area contributed by atoms with Crippen molar-refractivity contribution in [1.29, 1.82) is 5.26 Å². The molecule has 0 bridgehead atoms. The summed E-state index contributed by atoms with van der Waals surface area (Å²) in [6.45, 7) is 0. The van der Waals surface area contributed by atoms with E-state index in [2.05, 4.69) is 15.2 Å². The summed E-state index contributed by atoms with van der Waals surface area (Å²) >= 11 is 0. The molecule has 3 aromatic carbocycles. The van der Waals surface area contributed by atoms with Crippen molar-refractivity contribution in [3.05, 3.63) is 90.1 Å². The van der Waals surface area contributed by atoms with Gasteiger partial charge in [-0.25, -0.2) is 13.5 Å². The Balaban J connectivity index is 1.32. The monoisotopic (exact) mass is 456 g/mol. The Morgan fingerprint density at radius 1 is 0.912 bits per heavy atom. The zero-order valence-corrected chi connectivity index (χ0v) is 17.3. The van der Waals surface area contributed by atoms with Crippen LogP contribution in [-0.4, -0.2) is 19.9 Å². The van der Waals surface area contributed by atoms with Crippen molar-refractivity contribution in [1.82, 2.24) is 19.9 Å². The first kappa shape index (κ1) is 20.8. The Labute approximate surface area is 191 Å². The van der Waals surface area contributed by atoms with Crippen LogP contribution in [0.5, 0.6) is 11.5 Å². The van der Waals surface area contributed by atoms with Gasteiger partial charge in [-0.15, -0.1) is 0 Å². The fraction of sp³-hybridized carbons (Fsp3) is 0. The lowest BCUT2D eigenvalue weighted by molar-refractivity contribution is 0.432. The van der Waals surface area contributed by atoms with Crippen LogP contribution >= 0.6 is 0 Å². The molecule has 5 rings (SSSR count). The topological polar surface area (TPSA) is 116 Å². The second kappa shape index (κ2) is 8.48. The predicted molar refractivity (Wildman–Crippen MR) is 118 cm³/mol. The van der Waals surface area contributed by atoms with Gasteiger partial charge in [0.15, 0.2) is 11.6 Å². The standard InChI is InChI=1S/C24H14F2N6O2/c25-20-10-9-19(11-21(20)26)33-18-7-3-14(4-8-18)23-30-24(34-31-23)15-1-5-17(6-2-15)32-22(28)16(12-27)13-29-32/h1-11,13H,28H2. The average Bonchev–Trinajstić information content (AvgIpc) is 3.49. The normalized spacial score (nSPS) is 10.7. The molecule has 0 saturated carbocycles. The molecule has 0 atom stereocenters. The van der Waals surface area contributed by atoms with Crippen molar-refractivity contribution in [3.8, 4) is 46.1 Å². The van der Waals surface area contributed by atoms with Gasteiger partial charge in [-0.2, -0.15) is 15.3 Å². The molecular weight excluding hydrogens is 442 g/mol. The number of nitrogens with two attached hydrogens (primary N) is 1. The van der Waals surface area contributed by atoms with Crippen LogP contribution in [0.1, 0.15) is 5.56 Å². The van der Waals surface area contributed by atoms with Crippen molar-refractivity contribution in [2.45, 2.75) is 0 Å². The van der Waals surface area contributed by atoms with Crippen molar-refractivity contribution in [2.24, 2.45) is 0 Å². The molecule has 2 heterocycles. The molecule has 0 fully saturated rings. The maximum atomic E-state index is 13.3. The molecule has 166 valence electrons. The van der Waals surface area contributed by atoms with Gasteiger partial charge in [-0.3, -0.25) is 0 Å². The number of hydrogen-bond acceptors (Lipinski definition) is 7. The molecule has 0 radical (unpaired) electrons. The van der Waals surface area contributed by atoms with Crippen LogP contribution in [0.4, 0.5) is 14.6 Å². The number of nitriles is 1. The molecule has 0 aliphatic heterocycles. The predicted octanol–water partition coefficient (Wildman–Crippen LogP) is 5.11. The van der Waals surface area contributed by atoms with Crippen molar-refractivity contribution < 1.29 is 18.0 Å². The fourth-order valence-electron chi connectivity index (χ4n) is 3.20. The summed E-state index contributed by atoms with van der Waals surface area (Å²) in [6.07, 6.45) is 1.40. The summed E-state index contributed by atoms with van der Waals surface area (Å²) in [4.78, 5) is 4.42. The SMILES string of the molecule is N#Cc1cnn(-c2ccc(-c3nc(-c4ccc(Oc5ccc(F)c(F)c5)cc4)no3)cc2)c1N. The minimum absolute atomic E-state index is 0.178. The van der Waals surface area contributed by atoms with Crippen LogP contribution in [0.25, 0.3) is 28.5 Å². The maximum Gasteiger partial charge on any atom is 0.258 e. The van der Waals surface area contributed by atoms with Crippen molar-refractivity contribution in [3.63, 3.8) is 0 Å². The molecule has 2 N–H and O–H groups in total. The number of hydrogen-bond donors (Lipinski definition) is 1. The van der Waals surface area contributed by atoms with Crippen LogP contribution < -0.4 is 10.5 Å². The molecule has 5 aromatic rings. The zero-order chi connectivity index (χ0) is 23.7. The summed E-state index contributed by atoms with van der Waals surface area (Å²) in [5.74, 6) is -0.370. The highest BCUT2D eigenvalue weighted by Crippen LogP contribution is 2.28. The van der Waals surface area contributed by atoms with Crippen LogP contribution in [0.3, 0.4) is 0 Å². The Kier molecular flexibility index (Phi) is 5.20. The maximum absolute atomic E-state index is 13.3. The number of rotatable bonds is 5. The summed E-state index contributed by atoms with van der Waals surface area (Å²) in [5, 5.41) is 17.2. The van der Waals surface area contributed by atoms with E-state index in [0.29, 0.717) is 39.8 Å². The summed E-state index contributed by atoms with van der Waals surface area (Å²) in [5.41, 5.74) is 8.27. The summed E-state index contributed by atoms with van der Waals surface area (Å²) < 4.78 is 38.8. The van der Waals surface area contributed by atoms with E-state index < -0.39 is 11.6 Å². The summed E-state index contributed by atoms with van der Waals surface area (Å²) in [6, 6.07) is 19.2. The third kappa shape index (κ3) is 3.93. The quantitative estimate of drug-likeness (QED) is 0.390. The highest BCUT2D eigenvalue weighted by Gasteiger charge is 2.13. The Morgan fingerprint density at radius 3 is 2.29 bits per heavy atom. The molecule has 10 heteroatoms. The van der Waals surface area contributed by atoms with Gasteiger partial charge in [-0.05, 0) is 60.7 Å². The number of benzene rings is 3. The lowest BCUT2D eigenvalue weighted by atomic mass is 10.2. The molecular formula is C24H14F2N6O2. The minimum Gasteiger partial charge on any atom is -0.457 e. The number of nitrogen functional groups attached to an aromatic ring is 1. The van der Waals surface area contributed by atoms with Crippen LogP contribution in [0, 0.1) is 23.0 Å². The second-order valence-electron chi connectivity index (χ2n) is 7.14. The van der Waals surface area contributed by atoms with Gasteiger partial charge in [0, 0.05) is 17.2 Å². The van der Waals surface area contributed by atoms with Crippen molar-refractivity contribution in [2.75, 3.05) is 5.73 Å². The molecule has 34 heavy (non-hydrogen) atoms. The number of aromatic nitrogens is 4. The minimum atomic E-state index is -0.985. The highest BCUT2D eigenvalue weighted by atomic mass is 19.2. The average molecular weight is 456 g/mol. The van der Waals surface area contributed by atoms with Gasteiger partial charge in [0.1, 0.15) is 28.9 Å². The number of ether oxygens (including phenoxy) is 1. The van der Waals surface area contributed by atoms with E-state index >= 15 is 0 Å². The highest BCUT2D eigenvalue weighted by molar-refractivity contribution is 5.62. The zero-order valence-electron chi connectivity index (χ0n) is 17.3. The van der Waals surface area contributed by atoms with E-state index in [-0.39, 0.29) is 11.6 Å². The molecule has 0 amide bonds. The van der Waals surface area contributed by atoms with Crippen molar-refractivity contribution >= 4 is 5.82 Å². The lowest BCUT2D eigenvalue weighted by Crippen LogP contribution is -2.02. The first-order chi connectivity index (χ1) is 16.5. The van der Waals surface area contributed by atoms with E-state index in [1.807, 2.05) is 6.07 Å². The Morgan fingerprint density at radius 2 is 1.62 bits per heavy atom. The van der Waals surface area contributed by atoms with Gasteiger partial charge in [0.25, 0.3) is 5.89 Å². The number of nitrogens with zero attached hydrogens (tertiary/aromatic N) is 5. The third-order valence-electron chi connectivity index (χ3n) is 4.95. The molecule has 0 saturated heterocycles. The van der Waals surface area contributed by atoms with Crippen LogP contribution in [0.15, 0.2) is 77.4 Å². The van der Waals surface area contributed by atoms with E-state index in [1.165, 1.54) is 16.9 Å². The number of anilines is 1. The Bertz CT molecular complexity index is 1520. The van der Waals surface area contributed by atoms with Crippen LogP contribution in [-0.2, 0) is 0 Å². The molecule has 0 spiro atoms. The van der Waals surface area contributed by atoms with E-state index in [9.17, 15) is 8.78 Å². The third-order valence-corrected chi connectivity index (χ3v) is 4.95. The van der Waals surface area contributed by atoms with E-state index in [1.54, 1.807) is 48.5 Å². The second-order valence-corrected chi connectivity index (χ2v) is 7.14. The molecule has 8 nitrogen and oxygen atoms in total. The molecule has 0 aliphatic carbocycles. The van der Waals surface area contributed by atoms with E-state index in [0.717, 1.165) is 12.1 Å².